The number of hydrogen-bond donors (Lipinski definition) is 4. The first-order valence-electron chi connectivity index (χ1n) is 13.8. The molecule has 0 heterocycles. The highest BCUT2D eigenvalue weighted by Crippen LogP contribution is 2.14. The quantitative estimate of drug-likeness (QED) is 0.200. The van der Waals surface area contributed by atoms with Crippen molar-refractivity contribution in [1.29, 1.82) is 0 Å². The van der Waals surface area contributed by atoms with E-state index in [0.717, 1.165) is 5.56 Å². The molecule has 0 aromatic heterocycles. The van der Waals surface area contributed by atoms with Gasteiger partial charge in [-0.05, 0) is 49.9 Å². The van der Waals surface area contributed by atoms with E-state index in [4.69, 9.17) is 14.2 Å². The summed E-state index contributed by atoms with van der Waals surface area (Å²) < 4.78 is 15.4. The number of methoxy groups -OCH3 is 1. The summed E-state index contributed by atoms with van der Waals surface area (Å²) in [5, 5.41) is 17.1. The molecule has 3 amide bonds. The second kappa shape index (κ2) is 16.1. The average Bonchev–Trinajstić information content (AvgIpc) is 2.94. The predicted octanol–water partition coefficient (Wildman–Crippen LogP) is 2.76. The maximum Gasteiger partial charge on any atom is 0.408 e. The highest BCUT2D eigenvalue weighted by molar-refractivity contribution is 5.94. The fourth-order valence-corrected chi connectivity index (χ4v) is 3.92. The van der Waals surface area contributed by atoms with Crippen molar-refractivity contribution in [2.75, 3.05) is 7.11 Å². The van der Waals surface area contributed by atoms with Crippen LogP contribution in [0.2, 0.25) is 0 Å². The van der Waals surface area contributed by atoms with Crippen LogP contribution in [-0.4, -0.2) is 65.8 Å². The number of benzene rings is 2. The Kier molecular flexibility index (Phi) is 13.0. The number of rotatable bonds is 13. The summed E-state index contributed by atoms with van der Waals surface area (Å²) >= 11 is 0. The van der Waals surface area contributed by atoms with Gasteiger partial charge in [0.2, 0.25) is 11.8 Å². The standard InChI is InChI=1S/C31H41N3O9/c1-19(2)26(28(38)32-24(29(39)41-6)16-20-12-14-22(35)15-13-20)34-27(37)23(17-25(36)43-31(3,4)5)33-30(40)42-18-21-10-8-7-9-11-21/h7-15,19,23-24,26,35H,16-18H2,1-6H3,(H,32,38)(H,33,40)(H,34,37). The summed E-state index contributed by atoms with van der Waals surface area (Å²) in [4.78, 5) is 64.4. The number of ether oxygens (including phenoxy) is 3. The summed E-state index contributed by atoms with van der Waals surface area (Å²) in [5.41, 5.74) is 0.524. The molecule has 0 aliphatic carbocycles. The monoisotopic (exact) mass is 599 g/mol. The normalized spacial score (nSPS) is 13.2. The molecule has 2 aromatic carbocycles. The second-order valence-corrected chi connectivity index (χ2v) is 11.2. The van der Waals surface area contributed by atoms with Crippen molar-refractivity contribution >= 4 is 29.8 Å². The van der Waals surface area contributed by atoms with Crippen LogP contribution in [0.3, 0.4) is 0 Å². The number of alkyl carbamates (subject to hydrolysis) is 1. The van der Waals surface area contributed by atoms with Gasteiger partial charge in [0.1, 0.15) is 36.1 Å². The Morgan fingerprint density at radius 2 is 1.44 bits per heavy atom. The maximum atomic E-state index is 13.4. The summed E-state index contributed by atoms with van der Waals surface area (Å²) in [6, 6.07) is 11.3. The number of carbonyl (C=O) groups excluding carboxylic acids is 5. The number of phenolic OH excluding ortho intramolecular Hbond substituents is 1. The summed E-state index contributed by atoms with van der Waals surface area (Å²) in [6.07, 6.45) is -1.41. The first-order valence-corrected chi connectivity index (χ1v) is 13.8. The van der Waals surface area contributed by atoms with Crippen LogP contribution in [0, 0.1) is 5.92 Å². The van der Waals surface area contributed by atoms with E-state index < -0.39 is 65.9 Å². The lowest BCUT2D eigenvalue weighted by molar-refractivity contribution is -0.156. The number of esters is 2. The van der Waals surface area contributed by atoms with E-state index in [9.17, 15) is 29.1 Å². The Morgan fingerprint density at radius 3 is 2.00 bits per heavy atom. The van der Waals surface area contributed by atoms with Gasteiger partial charge in [-0.25, -0.2) is 9.59 Å². The Morgan fingerprint density at radius 1 is 0.814 bits per heavy atom. The molecule has 12 heteroatoms. The van der Waals surface area contributed by atoms with Crippen molar-refractivity contribution in [1.82, 2.24) is 16.0 Å². The molecule has 0 spiro atoms. The minimum Gasteiger partial charge on any atom is -0.508 e. The zero-order chi connectivity index (χ0) is 32.2. The van der Waals surface area contributed by atoms with Gasteiger partial charge in [0.05, 0.1) is 13.5 Å². The SMILES string of the molecule is COC(=O)C(Cc1ccc(O)cc1)NC(=O)C(NC(=O)C(CC(=O)OC(C)(C)C)NC(=O)OCc1ccccc1)C(C)C. The van der Waals surface area contributed by atoms with Crippen molar-refractivity contribution in [3.05, 3.63) is 65.7 Å². The lowest BCUT2D eigenvalue weighted by Gasteiger charge is -2.27. The molecule has 0 radical (unpaired) electrons. The highest BCUT2D eigenvalue weighted by Gasteiger charge is 2.33. The Labute approximate surface area is 251 Å². The van der Waals surface area contributed by atoms with Gasteiger partial charge < -0.3 is 35.3 Å². The zero-order valence-electron chi connectivity index (χ0n) is 25.3. The van der Waals surface area contributed by atoms with E-state index in [0.29, 0.717) is 5.56 Å². The van der Waals surface area contributed by atoms with Crippen LogP contribution in [0.4, 0.5) is 4.79 Å². The van der Waals surface area contributed by atoms with Crippen LogP contribution in [0.25, 0.3) is 0 Å². The second-order valence-electron chi connectivity index (χ2n) is 11.2. The third kappa shape index (κ3) is 12.4. The van der Waals surface area contributed by atoms with Gasteiger partial charge in [0.25, 0.3) is 0 Å². The predicted molar refractivity (Wildman–Crippen MR) is 157 cm³/mol. The molecule has 12 nitrogen and oxygen atoms in total. The maximum absolute atomic E-state index is 13.4. The van der Waals surface area contributed by atoms with E-state index in [1.807, 2.05) is 6.07 Å². The molecular weight excluding hydrogens is 558 g/mol. The van der Waals surface area contributed by atoms with Gasteiger partial charge in [-0.2, -0.15) is 0 Å². The molecule has 0 saturated heterocycles. The molecular formula is C31H41N3O9. The van der Waals surface area contributed by atoms with Gasteiger partial charge in [-0.15, -0.1) is 0 Å². The number of carbonyl (C=O) groups is 5. The molecule has 234 valence electrons. The molecule has 0 bridgehead atoms. The Hall–Kier alpha value is -4.61. The van der Waals surface area contributed by atoms with E-state index in [2.05, 4.69) is 16.0 Å². The van der Waals surface area contributed by atoms with Gasteiger partial charge in [0.15, 0.2) is 0 Å². The van der Waals surface area contributed by atoms with Crippen molar-refractivity contribution in [2.45, 2.75) is 77.8 Å². The molecule has 2 aromatic rings. The third-order valence-electron chi connectivity index (χ3n) is 6.04. The van der Waals surface area contributed by atoms with E-state index in [-0.39, 0.29) is 18.8 Å². The lowest BCUT2D eigenvalue weighted by Crippen LogP contribution is -2.58. The van der Waals surface area contributed by atoms with Crippen LogP contribution in [0.15, 0.2) is 54.6 Å². The van der Waals surface area contributed by atoms with Crippen LogP contribution < -0.4 is 16.0 Å². The van der Waals surface area contributed by atoms with E-state index >= 15 is 0 Å². The molecule has 0 saturated carbocycles. The summed E-state index contributed by atoms with van der Waals surface area (Å²) in [5.74, 6) is -3.38. The number of aromatic hydroxyl groups is 1. The van der Waals surface area contributed by atoms with Crippen molar-refractivity contribution in [3.8, 4) is 5.75 Å². The topological polar surface area (TPSA) is 169 Å². The minimum absolute atomic E-state index is 0.0449. The van der Waals surface area contributed by atoms with Crippen LogP contribution in [-0.2, 0) is 46.4 Å². The lowest BCUT2D eigenvalue weighted by atomic mass is 10.0. The van der Waals surface area contributed by atoms with E-state index in [1.165, 1.54) is 19.2 Å². The summed E-state index contributed by atoms with van der Waals surface area (Å²) in [6.45, 7) is 8.29. The van der Waals surface area contributed by atoms with Crippen molar-refractivity contribution in [2.24, 2.45) is 5.92 Å². The molecule has 0 aliphatic rings. The van der Waals surface area contributed by atoms with Crippen LogP contribution in [0.5, 0.6) is 5.75 Å². The van der Waals surface area contributed by atoms with Gasteiger partial charge in [-0.3, -0.25) is 14.4 Å². The largest absolute Gasteiger partial charge is 0.508 e. The van der Waals surface area contributed by atoms with Gasteiger partial charge in [-0.1, -0.05) is 56.3 Å². The molecule has 3 unspecified atom stereocenters. The zero-order valence-corrected chi connectivity index (χ0v) is 25.3. The fourth-order valence-electron chi connectivity index (χ4n) is 3.92. The first-order chi connectivity index (χ1) is 20.2. The van der Waals surface area contributed by atoms with Crippen molar-refractivity contribution in [3.63, 3.8) is 0 Å². The number of hydrogen-bond acceptors (Lipinski definition) is 9. The van der Waals surface area contributed by atoms with Crippen LogP contribution >= 0.6 is 0 Å². The first kappa shape index (κ1) is 34.6. The fraction of sp³-hybridized carbons (Fsp3) is 0.452. The van der Waals surface area contributed by atoms with Gasteiger partial charge >= 0.3 is 18.0 Å². The third-order valence-corrected chi connectivity index (χ3v) is 6.04. The molecule has 43 heavy (non-hydrogen) atoms. The molecule has 3 atom stereocenters. The molecule has 4 N–H and O–H groups in total. The van der Waals surface area contributed by atoms with E-state index in [1.54, 1.807) is 71.0 Å². The molecule has 0 fully saturated rings. The number of nitrogens with one attached hydrogen (secondary N) is 3. The van der Waals surface area contributed by atoms with Gasteiger partial charge in [0, 0.05) is 6.42 Å². The van der Waals surface area contributed by atoms with Crippen molar-refractivity contribution < 1.29 is 43.3 Å². The Bertz CT molecular complexity index is 1240. The molecule has 0 aliphatic heterocycles. The summed E-state index contributed by atoms with van der Waals surface area (Å²) in [7, 11) is 1.18. The number of phenols is 1. The smallest absolute Gasteiger partial charge is 0.408 e. The van der Waals surface area contributed by atoms with Crippen LogP contribution in [0.1, 0.15) is 52.2 Å². The number of amides is 3. The average molecular weight is 600 g/mol. The Balaban J connectivity index is 2.18. The molecule has 2 rings (SSSR count). The minimum atomic E-state index is -1.43. The highest BCUT2D eigenvalue weighted by atomic mass is 16.6.